The number of rotatable bonds is 7. The van der Waals surface area contributed by atoms with Crippen molar-refractivity contribution in [2.24, 2.45) is 0 Å². The van der Waals surface area contributed by atoms with E-state index in [9.17, 15) is 34.1 Å². The molecule has 3 aliphatic rings. The van der Waals surface area contributed by atoms with Crippen LogP contribution in [-0.4, -0.2) is 95.0 Å². The van der Waals surface area contributed by atoms with E-state index < -0.39 is 54.7 Å². The average molecular weight is 501 g/mol. The van der Waals surface area contributed by atoms with Crippen molar-refractivity contribution in [2.75, 3.05) is 26.2 Å². The highest BCUT2D eigenvalue weighted by Gasteiger charge is 2.43. The van der Waals surface area contributed by atoms with E-state index in [4.69, 9.17) is 9.39 Å². The zero-order chi connectivity index (χ0) is 26.0. The van der Waals surface area contributed by atoms with Crippen molar-refractivity contribution >= 4 is 36.7 Å². The van der Waals surface area contributed by atoms with Gasteiger partial charge < -0.3 is 29.7 Å². The van der Waals surface area contributed by atoms with Gasteiger partial charge in [0.1, 0.15) is 11.8 Å². The number of carboxylic acids is 1. The normalized spacial score (nSPS) is 22.7. The summed E-state index contributed by atoms with van der Waals surface area (Å²) in [6.07, 6.45) is 0.608. The number of hydrogen-bond donors (Lipinski definition) is 3. The Hall–Kier alpha value is -3.45. The molecule has 3 heterocycles. The lowest BCUT2D eigenvalue weighted by atomic mass is 9.64. The highest BCUT2D eigenvalue weighted by atomic mass is 16.5. The van der Waals surface area contributed by atoms with Gasteiger partial charge in [0.25, 0.3) is 0 Å². The van der Waals surface area contributed by atoms with E-state index in [-0.39, 0.29) is 37.2 Å². The molecule has 3 aliphatic heterocycles. The van der Waals surface area contributed by atoms with E-state index in [0.29, 0.717) is 31.6 Å². The lowest BCUT2D eigenvalue weighted by Gasteiger charge is -2.34. The number of benzene rings is 1. The van der Waals surface area contributed by atoms with E-state index in [1.807, 2.05) is 0 Å². The van der Waals surface area contributed by atoms with Crippen LogP contribution in [0, 0.1) is 0 Å². The topological polar surface area (TPSA) is 163 Å². The minimum absolute atomic E-state index is 0.00849. The second-order valence-electron chi connectivity index (χ2n) is 9.06. The zero-order valence-electron chi connectivity index (χ0n) is 19.8. The van der Waals surface area contributed by atoms with Crippen molar-refractivity contribution in [3.8, 4) is 5.75 Å². The molecule has 4 amide bonds. The molecule has 192 valence electrons. The monoisotopic (exact) mass is 501 g/mol. The quantitative estimate of drug-likeness (QED) is 0.347. The summed E-state index contributed by atoms with van der Waals surface area (Å²) in [7, 11) is -1.43. The average Bonchev–Trinajstić information content (AvgIpc) is 3.38. The van der Waals surface area contributed by atoms with Crippen LogP contribution in [0.5, 0.6) is 5.75 Å². The second-order valence-corrected chi connectivity index (χ2v) is 9.06. The zero-order valence-corrected chi connectivity index (χ0v) is 19.8. The first-order valence-electron chi connectivity index (χ1n) is 12.0. The van der Waals surface area contributed by atoms with Crippen molar-refractivity contribution in [3.05, 3.63) is 29.3 Å². The Morgan fingerprint density at radius 3 is 2.67 bits per heavy atom. The first-order valence-corrected chi connectivity index (χ1v) is 12.0. The minimum Gasteiger partial charge on any atom is -0.535 e. The van der Waals surface area contributed by atoms with Crippen LogP contribution in [0.2, 0.25) is 5.82 Å². The number of nitrogens with zero attached hydrogens (tertiary/aromatic N) is 2. The van der Waals surface area contributed by atoms with Gasteiger partial charge in [-0.3, -0.25) is 19.3 Å². The number of likely N-dealkylation sites (N-methyl/N-ethyl adjacent to an activating group) is 1. The van der Waals surface area contributed by atoms with Crippen LogP contribution >= 0.6 is 0 Å². The van der Waals surface area contributed by atoms with Gasteiger partial charge in [-0.05, 0) is 37.8 Å². The number of fused-ring (bicyclic) bond motifs is 1. The number of nitrogens with one attached hydrogen (secondary N) is 1. The second kappa shape index (κ2) is 10.7. The Labute approximate surface area is 207 Å². The van der Waals surface area contributed by atoms with Gasteiger partial charge in [0.05, 0.1) is 11.7 Å². The first kappa shape index (κ1) is 25.6. The van der Waals surface area contributed by atoms with Gasteiger partial charge in [-0.2, -0.15) is 0 Å². The van der Waals surface area contributed by atoms with Gasteiger partial charge >= 0.3 is 30.9 Å². The van der Waals surface area contributed by atoms with Crippen LogP contribution in [0.3, 0.4) is 0 Å². The Bertz CT molecular complexity index is 1070. The van der Waals surface area contributed by atoms with Gasteiger partial charge in [0.15, 0.2) is 5.78 Å². The van der Waals surface area contributed by atoms with Crippen molar-refractivity contribution in [1.29, 1.82) is 0 Å². The van der Waals surface area contributed by atoms with E-state index in [1.54, 1.807) is 19.1 Å². The largest absolute Gasteiger partial charge is 0.535 e. The molecule has 0 bridgehead atoms. The Morgan fingerprint density at radius 2 is 2.00 bits per heavy atom. The fourth-order valence-corrected chi connectivity index (χ4v) is 4.84. The highest BCUT2D eigenvalue weighted by molar-refractivity contribution is 6.47. The summed E-state index contributed by atoms with van der Waals surface area (Å²) in [6, 6.07) is 2.66. The number of imide groups is 1. The maximum absolute atomic E-state index is 13.4. The van der Waals surface area contributed by atoms with Crippen LogP contribution in [0.15, 0.2) is 18.2 Å². The Morgan fingerprint density at radius 1 is 1.22 bits per heavy atom. The summed E-state index contributed by atoms with van der Waals surface area (Å²) in [5.74, 6) is -3.97. The van der Waals surface area contributed by atoms with Crippen LogP contribution < -0.4 is 9.97 Å². The summed E-state index contributed by atoms with van der Waals surface area (Å²) in [5, 5.41) is 22.5. The van der Waals surface area contributed by atoms with Crippen LogP contribution in [-0.2, 0) is 25.5 Å². The number of para-hydroxylation sites is 1. The van der Waals surface area contributed by atoms with E-state index in [2.05, 4.69) is 5.32 Å². The number of carbonyl (C=O) groups excluding carboxylic acids is 4. The fraction of sp³-hybridized carbons (Fsp3) is 0.522. The molecule has 3 atom stereocenters. The van der Waals surface area contributed by atoms with Gasteiger partial charge in [0, 0.05) is 38.5 Å². The molecule has 2 unspecified atom stereocenters. The third kappa shape index (κ3) is 5.07. The number of aromatic carboxylic acids is 1. The number of ketones is 1. The predicted molar refractivity (Wildman–Crippen MR) is 124 cm³/mol. The Balaban J connectivity index is 1.47. The molecule has 3 N–H and O–H groups in total. The van der Waals surface area contributed by atoms with E-state index >= 15 is 0 Å². The number of hydrogen-bond acceptors (Lipinski definition) is 8. The number of ether oxygens (including phenoxy) is 1. The molecule has 0 aromatic heterocycles. The summed E-state index contributed by atoms with van der Waals surface area (Å²) in [4.78, 5) is 64.5. The van der Waals surface area contributed by atoms with Crippen LogP contribution in [0.4, 0.5) is 4.79 Å². The van der Waals surface area contributed by atoms with Crippen LogP contribution in [0.25, 0.3) is 0 Å². The molecule has 0 radical (unpaired) electrons. The lowest BCUT2D eigenvalue weighted by Crippen LogP contribution is -2.61. The summed E-state index contributed by atoms with van der Waals surface area (Å²) < 4.78 is 11.1. The smallest absolute Gasteiger partial charge is 0.526 e. The first-order chi connectivity index (χ1) is 17.2. The molecule has 4 rings (SSSR count). The Kier molecular flexibility index (Phi) is 7.60. The molecular formula is C23H28BN3O9. The number of urea groups is 1. The predicted octanol–water partition coefficient (Wildman–Crippen LogP) is 0.0775. The number of amides is 4. The molecular weight excluding hydrogens is 473 g/mol. The summed E-state index contributed by atoms with van der Waals surface area (Å²) in [5.41, 5.74) is 0.469. The molecule has 1 aromatic rings. The molecule has 1 aromatic carbocycles. The van der Waals surface area contributed by atoms with Gasteiger partial charge in [-0.25, -0.2) is 9.59 Å². The molecule has 13 heteroatoms. The molecule has 0 saturated carbocycles. The van der Waals surface area contributed by atoms with E-state index in [1.165, 1.54) is 11.0 Å². The lowest BCUT2D eigenvalue weighted by molar-refractivity contribution is -0.153. The summed E-state index contributed by atoms with van der Waals surface area (Å²) >= 11 is 0. The fourth-order valence-electron chi connectivity index (χ4n) is 4.84. The molecule has 12 nitrogen and oxygen atoms in total. The molecule has 0 spiro atoms. The minimum atomic E-state index is -1.43. The van der Waals surface area contributed by atoms with E-state index in [0.717, 1.165) is 4.90 Å². The SMILES string of the molecule is CCN1CCN(C(=O)NC(C(=O)C[C@H]2Cc3cccc(C(=O)O)c3OB2O)C2CCCO2)C(=O)C1=O. The maximum atomic E-state index is 13.4. The number of piperazine rings is 1. The molecule has 0 aliphatic carbocycles. The van der Waals surface area contributed by atoms with Crippen molar-refractivity contribution in [2.45, 2.75) is 50.6 Å². The molecule has 2 fully saturated rings. The number of Topliss-reactive ketones (excluding diaryl/α,β-unsaturated/α-hetero) is 1. The molecule has 2 saturated heterocycles. The third-order valence-electron chi connectivity index (χ3n) is 6.81. The number of carboxylic acid groups (broad SMARTS) is 1. The number of carbonyl (C=O) groups is 5. The van der Waals surface area contributed by atoms with Gasteiger partial charge in [-0.15, -0.1) is 0 Å². The standard InChI is InChI=1S/C23H28BN3O9/c1-2-26-8-9-27(21(30)20(26)29)23(33)25-18(17-7-4-10-35-17)16(28)12-14-11-13-5-3-6-15(22(31)32)19(13)36-24(14)34/h3,5-6,14,17-18,34H,2,4,7-12H2,1H3,(H,25,33)(H,31,32)/t14-,17?,18?/m1/s1. The van der Waals surface area contributed by atoms with Gasteiger partial charge in [0.2, 0.25) is 0 Å². The van der Waals surface area contributed by atoms with Gasteiger partial charge in [-0.1, -0.05) is 12.1 Å². The molecule has 36 heavy (non-hydrogen) atoms. The van der Waals surface area contributed by atoms with Crippen molar-refractivity contribution < 1.29 is 43.5 Å². The summed E-state index contributed by atoms with van der Waals surface area (Å²) in [6.45, 7) is 2.71. The van der Waals surface area contributed by atoms with Crippen molar-refractivity contribution in [1.82, 2.24) is 15.1 Å². The maximum Gasteiger partial charge on any atom is 0.526 e. The highest BCUT2D eigenvalue weighted by Crippen LogP contribution is 2.36. The third-order valence-corrected chi connectivity index (χ3v) is 6.81. The van der Waals surface area contributed by atoms with Crippen molar-refractivity contribution in [3.63, 3.8) is 0 Å². The van der Waals surface area contributed by atoms with Crippen LogP contribution in [0.1, 0.15) is 42.1 Å².